The highest BCUT2D eigenvalue weighted by molar-refractivity contribution is 5.15. The predicted molar refractivity (Wildman–Crippen MR) is 78.7 cm³/mol. The molecular weight excluding hydrogens is 244 g/mol. The first-order valence-electron chi connectivity index (χ1n) is 6.31. The van der Waals surface area contributed by atoms with Crippen molar-refractivity contribution in [2.24, 2.45) is 10.8 Å². The van der Waals surface area contributed by atoms with Crippen LogP contribution in [0.25, 0.3) is 0 Å². The minimum atomic E-state index is -0.306. The first-order chi connectivity index (χ1) is 8.51. The largest absolute Gasteiger partial charge is 0.493 e. The second kappa shape index (κ2) is 9.13. The fourth-order valence-corrected chi connectivity index (χ4v) is 0.501. The van der Waals surface area contributed by atoms with Crippen LogP contribution in [-0.4, -0.2) is 41.7 Å². The highest BCUT2D eigenvalue weighted by Crippen LogP contribution is 2.17. The summed E-state index contributed by atoms with van der Waals surface area (Å²) >= 11 is 0. The van der Waals surface area contributed by atoms with E-state index in [0.717, 1.165) is 5.57 Å². The second-order valence-corrected chi connectivity index (χ2v) is 6.29. The van der Waals surface area contributed by atoms with Gasteiger partial charge in [0, 0.05) is 10.8 Å². The van der Waals surface area contributed by atoms with E-state index >= 15 is 0 Å². The molecule has 0 aromatic rings. The van der Waals surface area contributed by atoms with Crippen LogP contribution in [0.1, 0.15) is 34.6 Å². The van der Waals surface area contributed by atoms with E-state index in [-0.39, 0.29) is 30.7 Å². The number of hydrogen-bond donors (Lipinski definition) is 3. The molecule has 0 radical (unpaired) electrons. The monoisotopic (exact) mass is 274 g/mol. The average Bonchev–Trinajstić information content (AvgIpc) is 2.36. The molecule has 0 aromatic heterocycles. The van der Waals surface area contributed by atoms with E-state index in [9.17, 15) is 0 Å². The van der Waals surface area contributed by atoms with E-state index in [1.54, 1.807) is 13.8 Å². The van der Waals surface area contributed by atoms with Crippen molar-refractivity contribution in [3.05, 3.63) is 24.5 Å². The fourth-order valence-electron chi connectivity index (χ4n) is 0.501. The molecule has 114 valence electrons. The summed E-state index contributed by atoms with van der Waals surface area (Å²) in [4.78, 5) is 0. The molecule has 0 aromatic carbocycles. The number of allylic oxidation sites excluding steroid dienone is 1. The van der Waals surface area contributed by atoms with Crippen LogP contribution in [0.2, 0.25) is 0 Å². The molecule has 0 saturated heterocycles. The van der Waals surface area contributed by atoms with Gasteiger partial charge in [0.1, 0.15) is 5.76 Å². The van der Waals surface area contributed by atoms with Crippen LogP contribution in [0, 0.1) is 10.8 Å². The van der Waals surface area contributed by atoms with Crippen molar-refractivity contribution in [1.29, 1.82) is 0 Å². The Hall–Kier alpha value is -0.840. The van der Waals surface area contributed by atoms with Crippen LogP contribution in [0.3, 0.4) is 0 Å². The van der Waals surface area contributed by atoms with Gasteiger partial charge in [-0.25, -0.2) is 0 Å². The zero-order chi connectivity index (χ0) is 15.7. The SMILES string of the molecule is C=C(C)C(=C)OCC(C)(C)CO.CC(C)(CO)CO. The molecule has 0 heterocycles. The highest BCUT2D eigenvalue weighted by Gasteiger charge is 2.17. The zero-order valence-electron chi connectivity index (χ0n) is 13.0. The number of hydrogen-bond acceptors (Lipinski definition) is 4. The van der Waals surface area contributed by atoms with Crippen molar-refractivity contribution in [2.75, 3.05) is 26.4 Å². The molecule has 0 unspecified atom stereocenters. The Morgan fingerprint density at radius 3 is 1.47 bits per heavy atom. The fraction of sp³-hybridized carbons (Fsp3) is 0.733. The van der Waals surface area contributed by atoms with Gasteiger partial charge in [0.2, 0.25) is 0 Å². The first-order valence-corrected chi connectivity index (χ1v) is 6.31. The zero-order valence-corrected chi connectivity index (χ0v) is 13.0. The lowest BCUT2D eigenvalue weighted by atomic mass is 9.96. The summed E-state index contributed by atoms with van der Waals surface area (Å²) in [5.41, 5.74) is 0.307. The third kappa shape index (κ3) is 12.0. The Morgan fingerprint density at radius 2 is 1.26 bits per heavy atom. The van der Waals surface area contributed by atoms with E-state index in [2.05, 4.69) is 13.2 Å². The van der Waals surface area contributed by atoms with Gasteiger partial charge in [0.05, 0.1) is 26.4 Å². The van der Waals surface area contributed by atoms with Gasteiger partial charge in [-0.15, -0.1) is 0 Å². The van der Waals surface area contributed by atoms with Gasteiger partial charge >= 0.3 is 0 Å². The van der Waals surface area contributed by atoms with E-state index < -0.39 is 0 Å². The Morgan fingerprint density at radius 1 is 0.895 bits per heavy atom. The van der Waals surface area contributed by atoms with E-state index in [0.29, 0.717) is 12.4 Å². The van der Waals surface area contributed by atoms with E-state index in [1.165, 1.54) is 0 Å². The lowest BCUT2D eigenvalue weighted by molar-refractivity contribution is 0.0657. The predicted octanol–water partition coefficient (Wildman–Crippen LogP) is 2.11. The van der Waals surface area contributed by atoms with Crippen LogP contribution in [0.15, 0.2) is 24.5 Å². The van der Waals surface area contributed by atoms with Gasteiger partial charge in [-0.3, -0.25) is 0 Å². The number of aliphatic hydroxyl groups is 3. The Balaban J connectivity index is 0. The number of aliphatic hydroxyl groups excluding tert-OH is 3. The second-order valence-electron chi connectivity index (χ2n) is 6.29. The number of ether oxygens (including phenoxy) is 1. The molecule has 19 heavy (non-hydrogen) atoms. The third-order valence-electron chi connectivity index (χ3n) is 2.40. The minimum Gasteiger partial charge on any atom is -0.493 e. The van der Waals surface area contributed by atoms with E-state index in [1.807, 2.05) is 20.8 Å². The normalized spacial score (nSPS) is 11.4. The van der Waals surface area contributed by atoms with Crippen LogP contribution >= 0.6 is 0 Å². The van der Waals surface area contributed by atoms with E-state index in [4.69, 9.17) is 20.1 Å². The molecule has 0 spiro atoms. The topological polar surface area (TPSA) is 69.9 Å². The smallest absolute Gasteiger partial charge is 0.114 e. The van der Waals surface area contributed by atoms with Gasteiger partial charge in [0.15, 0.2) is 0 Å². The molecule has 0 rings (SSSR count). The maximum absolute atomic E-state index is 8.91. The highest BCUT2D eigenvalue weighted by atomic mass is 16.5. The summed E-state index contributed by atoms with van der Waals surface area (Å²) in [6.45, 7) is 17.3. The lowest BCUT2D eigenvalue weighted by Crippen LogP contribution is -2.23. The quantitative estimate of drug-likeness (QED) is 0.491. The molecule has 0 fully saturated rings. The molecule has 3 N–H and O–H groups in total. The minimum absolute atomic E-state index is 0.0451. The van der Waals surface area contributed by atoms with Crippen molar-refractivity contribution in [2.45, 2.75) is 34.6 Å². The number of rotatable bonds is 7. The van der Waals surface area contributed by atoms with Gasteiger partial charge in [-0.05, 0) is 12.5 Å². The van der Waals surface area contributed by atoms with Crippen molar-refractivity contribution in [1.82, 2.24) is 0 Å². The van der Waals surface area contributed by atoms with Crippen LogP contribution in [0.5, 0.6) is 0 Å². The van der Waals surface area contributed by atoms with Crippen molar-refractivity contribution in [3.8, 4) is 0 Å². The lowest BCUT2D eigenvalue weighted by Gasteiger charge is -2.22. The summed E-state index contributed by atoms with van der Waals surface area (Å²) in [5, 5.41) is 25.8. The summed E-state index contributed by atoms with van der Waals surface area (Å²) < 4.78 is 5.31. The van der Waals surface area contributed by atoms with Gasteiger partial charge in [0.25, 0.3) is 0 Å². The Labute approximate surface area is 117 Å². The standard InChI is InChI=1S/C10H18O2.C5H12O2/c1-8(2)9(3)12-7-10(4,5)6-11;1-5(2,3-6)4-7/h11H,1,3,6-7H2,2,4-5H3;6-7H,3-4H2,1-2H3. The van der Waals surface area contributed by atoms with Crippen LogP contribution in [-0.2, 0) is 4.74 Å². The Bertz CT molecular complexity index is 274. The summed E-state index contributed by atoms with van der Waals surface area (Å²) in [6, 6.07) is 0. The summed E-state index contributed by atoms with van der Waals surface area (Å²) in [5.74, 6) is 0.594. The molecule has 4 heteroatoms. The molecule has 4 nitrogen and oxygen atoms in total. The first kappa shape index (κ1) is 20.5. The van der Waals surface area contributed by atoms with Gasteiger partial charge in [-0.2, -0.15) is 0 Å². The van der Waals surface area contributed by atoms with Gasteiger partial charge in [-0.1, -0.05) is 40.9 Å². The maximum Gasteiger partial charge on any atom is 0.114 e. The molecule has 0 amide bonds. The molecule has 0 aliphatic carbocycles. The van der Waals surface area contributed by atoms with Crippen LogP contribution < -0.4 is 0 Å². The molecular formula is C15H30O4. The molecule has 0 saturated carbocycles. The van der Waals surface area contributed by atoms with Crippen molar-refractivity contribution >= 4 is 0 Å². The third-order valence-corrected chi connectivity index (χ3v) is 2.40. The van der Waals surface area contributed by atoms with Gasteiger partial charge < -0.3 is 20.1 Å². The van der Waals surface area contributed by atoms with Crippen LogP contribution in [0.4, 0.5) is 0 Å². The molecule has 0 bridgehead atoms. The molecule has 0 atom stereocenters. The molecule has 0 aliphatic rings. The summed E-state index contributed by atoms with van der Waals surface area (Å²) in [6.07, 6.45) is 0. The average molecular weight is 274 g/mol. The van der Waals surface area contributed by atoms with Crippen molar-refractivity contribution in [3.63, 3.8) is 0 Å². The maximum atomic E-state index is 8.91. The molecule has 0 aliphatic heterocycles. The Kier molecular flexibility index (Phi) is 9.84. The van der Waals surface area contributed by atoms with Crippen molar-refractivity contribution < 1.29 is 20.1 Å². The summed E-state index contributed by atoms with van der Waals surface area (Å²) in [7, 11) is 0.